The van der Waals surface area contributed by atoms with Gasteiger partial charge in [0.05, 0.1) is 12.8 Å². The molecule has 0 aromatic carbocycles. The Balaban J connectivity index is 1.74. The van der Waals surface area contributed by atoms with Crippen LogP contribution in [0.3, 0.4) is 0 Å². The lowest BCUT2D eigenvalue weighted by atomic mass is 9.82. The first kappa shape index (κ1) is 13.3. The molecule has 1 N–H and O–H groups in total. The van der Waals surface area contributed by atoms with Crippen LogP contribution in [0, 0.1) is 11.8 Å². The van der Waals surface area contributed by atoms with Crippen molar-refractivity contribution in [3.63, 3.8) is 0 Å². The summed E-state index contributed by atoms with van der Waals surface area (Å²) in [5.41, 5.74) is 1.05. The van der Waals surface area contributed by atoms with Crippen molar-refractivity contribution in [1.29, 1.82) is 0 Å². The van der Waals surface area contributed by atoms with Crippen molar-refractivity contribution in [2.45, 2.75) is 39.2 Å². The SMILES string of the molecule is COc1cccc(CNCC2CCCC(C)C2)n1. The number of hydrogen-bond donors (Lipinski definition) is 1. The van der Waals surface area contributed by atoms with Gasteiger partial charge in [-0.1, -0.05) is 25.8 Å². The highest BCUT2D eigenvalue weighted by Gasteiger charge is 2.18. The number of ether oxygens (including phenoxy) is 1. The Bertz CT molecular complexity index is 367. The predicted octanol–water partition coefficient (Wildman–Crippen LogP) is 3.01. The first-order valence-electron chi connectivity index (χ1n) is 6.98. The fourth-order valence-electron chi connectivity index (χ4n) is 2.82. The van der Waals surface area contributed by atoms with Crippen molar-refractivity contribution in [1.82, 2.24) is 10.3 Å². The smallest absolute Gasteiger partial charge is 0.213 e. The summed E-state index contributed by atoms with van der Waals surface area (Å²) < 4.78 is 5.13. The summed E-state index contributed by atoms with van der Waals surface area (Å²) in [5, 5.41) is 3.53. The summed E-state index contributed by atoms with van der Waals surface area (Å²) >= 11 is 0. The molecule has 3 nitrogen and oxygen atoms in total. The molecule has 1 aliphatic carbocycles. The van der Waals surface area contributed by atoms with E-state index in [1.165, 1.54) is 25.7 Å². The lowest BCUT2D eigenvalue weighted by molar-refractivity contribution is 0.274. The Morgan fingerprint density at radius 2 is 2.28 bits per heavy atom. The van der Waals surface area contributed by atoms with Crippen LogP contribution < -0.4 is 10.1 Å². The van der Waals surface area contributed by atoms with Gasteiger partial charge in [0.15, 0.2) is 0 Å². The van der Waals surface area contributed by atoms with Gasteiger partial charge in [0.1, 0.15) is 0 Å². The lowest BCUT2D eigenvalue weighted by Crippen LogP contribution is -2.26. The molecule has 1 aliphatic rings. The van der Waals surface area contributed by atoms with Gasteiger partial charge in [0.2, 0.25) is 5.88 Å². The third kappa shape index (κ3) is 3.98. The van der Waals surface area contributed by atoms with Crippen LogP contribution in [0.15, 0.2) is 18.2 Å². The fraction of sp³-hybridized carbons (Fsp3) is 0.667. The molecule has 100 valence electrons. The molecule has 0 bridgehead atoms. The van der Waals surface area contributed by atoms with Gasteiger partial charge in [-0.2, -0.15) is 0 Å². The van der Waals surface area contributed by atoms with Crippen molar-refractivity contribution in [3.05, 3.63) is 23.9 Å². The monoisotopic (exact) mass is 248 g/mol. The Morgan fingerprint density at radius 1 is 1.39 bits per heavy atom. The normalized spacial score (nSPS) is 23.9. The van der Waals surface area contributed by atoms with E-state index in [9.17, 15) is 0 Å². The Labute approximate surface area is 110 Å². The molecule has 3 heteroatoms. The number of aromatic nitrogens is 1. The largest absolute Gasteiger partial charge is 0.481 e. The van der Waals surface area contributed by atoms with Gasteiger partial charge in [-0.3, -0.25) is 0 Å². The van der Waals surface area contributed by atoms with Crippen molar-refractivity contribution in [3.8, 4) is 5.88 Å². The number of rotatable bonds is 5. The third-order valence-electron chi connectivity index (χ3n) is 3.77. The van der Waals surface area contributed by atoms with E-state index >= 15 is 0 Å². The maximum atomic E-state index is 5.13. The van der Waals surface area contributed by atoms with Gasteiger partial charge in [-0.05, 0) is 37.3 Å². The zero-order chi connectivity index (χ0) is 12.8. The highest BCUT2D eigenvalue weighted by Crippen LogP contribution is 2.27. The molecule has 1 aromatic heterocycles. The molecule has 2 unspecified atom stereocenters. The first-order chi connectivity index (χ1) is 8.78. The highest BCUT2D eigenvalue weighted by molar-refractivity contribution is 5.15. The zero-order valence-corrected chi connectivity index (χ0v) is 11.5. The topological polar surface area (TPSA) is 34.1 Å². The quantitative estimate of drug-likeness (QED) is 0.869. The molecule has 0 spiro atoms. The van der Waals surface area contributed by atoms with Crippen LogP contribution in [0.4, 0.5) is 0 Å². The van der Waals surface area contributed by atoms with Crippen molar-refractivity contribution >= 4 is 0 Å². The van der Waals surface area contributed by atoms with Crippen LogP contribution in [-0.2, 0) is 6.54 Å². The molecule has 0 amide bonds. The molecule has 0 saturated heterocycles. The second-order valence-electron chi connectivity index (χ2n) is 5.44. The molecule has 1 saturated carbocycles. The van der Waals surface area contributed by atoms with Gasteiger partial charge in [-0.25, -0.2) is 4.98 Å². The molecule has 1 heterocycles. The molecule has 18 heavy (non-hydrogen) atoms. The van der Waals surface area contributed by atoms with E-state index in [1.807, 2.05) is 18.2 Å². The minimum Gasteiger partial charge on any atom is -0.481 e. The van der Waals surface area contributed by atoms with Crippen LogP contribution in [-0.4, -0.2) is 18.6 Å². The van der Waals surface area contributed by atoms with Crippen LogP contribution >= 0.6 is 0 Å². The number of nitrogens with zero attached hydrogens (tertiary/aromatic N) is 1. The van der Waals surface area contributed by atoms with E-state index in [-0.39, 0.29) is 0 Å². The lowest BCUT2D eigenvalue weighted by Gasteiger charge is -2.26. The zero-order valence-electron chi connectivity index (χ0n) is 11.5. The molecular formula is C15H24N2O. The predicted molar refractivity (Wildman–Crippen MR) is 73.6 cm³/mol. The highest BCUT2D eigenvalue weighted by atomic mass is 16.5. The summed E-state index contributed by atoms with van der Waals surface area (Å²) in [6.45, 7) is 4.32. The van der Waals surface area contributed by atoms with Gasteiger partial charge in [0, 0.05) is 12.6 Å². The van der Waals surface area contributed by atoms with Gasteiger partial charge < -0.3 is 10.1 Å². The van der Waals surface area contributed by atoms with E-state index in [2.05, 4.69) is 17.2 Å². The Kier molecular flexibility index (Phi) is 5.00. The molecule has 0 aliphatic heterocycles. The number of hydrogen-bond acceptors (Lipinski definition) is 3. The van der Waals surface area contributed by atoms with Gasteiger partial charge in [0.25, 0.3) is 0 Å². The van der Waals surface area contributed by atoms with Crippen LogP contribution in [0.25, 0.3) is 0 Å². The summed E-state index contributed by atoms with van der Waals surface area (Å²) in [5.74, 6) is 2.44. The molecule has 0 radical (unpaired) electrons. The molecule has 2 atom stereocenters. The van der Waals surface area contributed by atoms with E-state index < -0.39 is 0 Å². The average Bonchev–Trinajstić information content (AvgIpc) is 2.39. The van der Waals surface area contributed by atoms with Crippen LogP contribution in [0.5, 0.6) is 5.88 Å². The summed E-state index contributed by atoms with van der Waals surface area (Å²) in [6, 6.07) is 5.91. The average molecular weight is 248 g/mol. The molecule has 1 aromatic rings. The van der Waals surface area contributed by atoms with Crippen LogP contribution in [0.2, 0.25) is 0 Å². The Morgan fingerprint density at radius 3 is 3.06 bits per heavy atom. The van der Waals surface area contributed by atoms with Crippen molar-refractivity contribution in [2.75, 3.05) is 13.7 Å². The first-order valence-corrected chi connectivity index (χ1v) is 6.98. The van der Waals surface area contributed by atoms with E-state index in [4.69, 9.17) is 4.74 Å². The van der Waals surface area contributed by atoms with Gasteiger partial charge >= 0.3 is 0 Å². The van der Waals surface area contributed by atoms with E-state index in [1.54, 1.807) is 7.11 Å². The standard InChI is InChI=1S/C15H24N2O/c1-12-5-3-6-13(9-12)10-16-11-14-7-4-8-15(17-14)18-2/h4,7-8,12-13,16H,3,5-6,9-11H2,1-2H3. The fourth-order valence-corrected chi connectivity index (χ4v) is 2.82. The number of methoxy groups -OCH3 is 1. The third-order valence-corrected chi connectivity index (χ3v) is 3.77. The maximum Gasteiger partial charge on any atom is 0.213 e. The molecular weight excluding hydrogens is 224 g/mol. The molecule has 2 rings (SSSR count). The summed E-state index contributed by atoms with van der Waals surface area (Å²) in [7, 11) is 1.66. The summed E-state index contributed by atoms with van der Waals surface area (Å²) in [4.78, 5) is 4.40. The summed E-state index contributed by atoms with van der Waals surface area (Å²) in [6.07, 6.45) is 5.56. The maximum absolute atomic E-state index is 5.13. The van der Waals surface area contributed by atoms with Crippen molar-refractivity contribution in [2.24, 2.45) is 11.8 Å². The Hall–Kier alpha value is -1.09. The number of pyridine rings is 1. The van der Waals surface area contributed by atoms with E-state index in [0.29, 0.717) is 5.88 Å². The molecule has 1 fully saturated rings. The second kappa shape index (κ2) is 6.74. The van der Waals surface area contributed by atoms with E-state index in [0.717, 1.165) is 30.6 Å². The minimum absolute atomic E-state index is 0.695. The van der Waals surface area contributed by atoms with Crippen molar-refractivity contribution < 1.29 is 4.74 Å². The minimum atomic E-state index is 0.695. The second-order valence-corrected chi connectivity index (χ2v) is 5.44. The number of nitrogens with one attached hydrogen (secondary N) is 1. The van der Waals surface area contributed by atoms with Crippen LogP contribution in [0.1, 0.15) is 38.3 Å². The van der Waals surface area contributed by atoms with Gasteiger partial charge in [-0.15, -0.1) is 0 Å².